The van der Waals surface area contributed by atoms with Crippen LogP contribution in [-0.4, -0.2) is 57.0 Å². The lowest BCUT2D eigenvalue weighted by molar-refractivity contribution is 0.0404. The highest BCUT2D eigenvalue weighted by Gasteiger charge is 2.22. The van der Waals surface area contributed by atoms with Crippen molar-refractivity contribution in [1.82, 2.24) is 4.90 Å². The fourth-order valence-electron chi connectivity index (χ4n) is 2.86. The first-order chi connectivity index (χ1) is 11.8. The van der Waals surface area contributed by atoms with Gasteiger partial charge in [0.2, 0.25) is 0 Å². The maximum atomic E-state index is 12.3. The Morgan fingerprint density at radius 3 is 2.44 bits per heavy atom. The van der Waals surface area contributed by atoms with Crippen LogP contribution in [0.1, 0.15) is 40.5 Å². The van der Waals surface area contributed by atoms with E-state index in [0.29, 0.717) is 10.6 Å². The van der Waals surface area contributed by atoms with E-state index < -0.39 is 15.1 Å². The standard InChI is InChI=1S/C19H31NO4S/c1-15(2)23-13-12-20-10-8-17(9-11-20)24-18-6-5-7-19(14-18)25(21,22)16(3)4/h5-7,14-17H,8-13H2,1-4H3. The van der Waals surface area contributed by atoms with Crippen LogP contribution in [0.25, 0.3) is 0 Å². The van der Waals surface area contributed by atoms with Crippen molar-refractivity contribution in [2.75, 3.05) is 26.2 Å². The minimum Gasteiger partial charge on any atom is -0.490 e. The molecule has 0 aliphatic carbocycles. The van der Waals surface area contributed by atoms with Crippen molar-refractivity contribution in [3.63, 3.8) is 0 Å². The van der Waals surface area contributed by atoms with Crippen LogP contribution in [-0.2, 0) is 14.6 Å². The fourth-order valence-corrected chi connectivity index (χ4v) is 3.95. The first kappa shape index (κ1) is 20.2. The molecule has 1 fully saturated rings. The summed E-state index contributed by atoms with van der Waals surface area (Å²) >= 11 is 0. The summed E-state index contributed by atoms with van der Waals surface area (Å²) in [4.78, 5) is 2.73. The molecule has 0 radical (unpaired) electrons. The number of nitrogens with zero attached hydrogens (tertiary/aromatic N) is 1. The van der Waals surface area contributed by atoms with E-state index in [-0.39, 0.29) is 12.2 Å². The number of ether oxygens (including phenoxy) is 2. The number of hydrogen-bond acceptors (Lipinski definition) is 5. The van der Waals surface area contributed by atoms with Gasteiger partial charge in [-0.25, -0.2) is 8.42 Å². The summed E-state index contributed by atoms with van der Waals surface area (Å²) in [7, 11) is -3.27. The van der Waals surface area contributed by atoms with Gasteiger partial charge in [0.25, 0.3) is 0 Å². The molecule has 0 atom stereocenters. The zero-order valence-corrected chi connectivity index (χ0v) is 16.6. The summed E-state index contributed by atoms with van der Waals surface area (Å²) in [5, 5.41) is -0.431. The van der Waals surface area contributed by atoms with Crippen molar-refractivity contribution in [1.29, 1.82) is 0 Å². The Labute approximate surface area is 152 Å². The van der Waals surface area contributed by atoms with Crippen LogP contribution in [0.15, 0.2) is 29.2 Å². The molecule has 0 aromatic heterocycles. The molecule has 25 heavy (non-hydrogen) atoms. The predicted molar refractivity (Wildman–Crippen MR) is 99.9 cm³/mol. The van der Waals surface area contributed by atoms with Gasteiger partial charge in [-0.05, 0) is 58.7 Å². The molecule has 0 bridgehead atoms. The second-order valence-corrected chi connectivity index (χ2v) is 9.65. The SMILES string of the molecule is CC(C)OCCN1CCC(Oc2cccc(S(=O)(=O)C(C)C)c2)CC1. The Balaban J connectivity index is 1.86. The van der Waals surface area contributed by atoms with Gasteiger partial charge < -0.3 is 14.4 Å². The van der Waals surface area contributed by atoms with E-state index in [0.717, 1.165) is 39.1 Å². The predicted octanol–water partition coefficient (Wildman–Crippen LogP) is 3.14. The number of hydrogen-bond donors (Lipinski definition) is 0. The van der Waals surface area contributed by atoms with Crippen molar-refractivity contribution < 1.29 is 17.9 Å². The molecule has 2 rings (SSSR count). The molecule has 1 aliphatic rings. The summed E-state index contributed by atoms with van der Waals surface area (Å²) in [6.07, 6.45) is 2.31. The molecule has 1 aromatic rings. The highest BCUT2D eigenvalue weighted by Crippen LogP contribution is 2.24. The molecule has 1 heterocycles. The minimum atomic E-state index is -3.27. The van der Waals surface area contributed by atoms with E-state index in [9.17, 15) is 8.42 Å². The zero-order chi connectivity index (χ0) is 18.4. The van der Waals surface area contributed by atoms with Gasteiger partial charge in [0.1, 0.15) is 11.9 Å². The van der Waals surface area contributed by atoms with Gasteiger partial charge in [-0.3, -0.25) is 0 Å². The van der Waals surface area contributed by atoms with Gasteiger partial charge in [0.05, 0.1) is 22.9 Å². The lowest BCUT2D eigenvalue weighted by atomic mass is 10.1. The van der Waals surface area contributed by atoms with E-state index in [1.165, 1.54) is 0 Å². The smallest absolute Gasteiger partial charge is 0.180 e. The van der Waals surface area contributed by atoms with E-state index in [4.69, 9.17) is 9.47 Å². The third kappa shape index (κ3) is 5.97. The molecule has 0 unspecified atom stereocenters. The van der Waals surface area contributed by atoms with Crippen LogP contribution in [0.2, 0.25) is 0 Å². The average Bonchev–Trinajstić information content (AvgIpc) is 2.56. The highest BCUT2D eigenvalue weighted by atomic mass is 32.2. The van der Waals surface area contributed by atoms with Gasteiger partial charge in [0, 0.05) is 19.6 Å². The minimum absolute atomic E-state index is 0.138. The highest BCUT2D eigenvalue weighted by molar-refractivity contribution is 7.92. The lowest BCUT2D eigenvalue weighted by Crippen LogP contribution is -2.40. The van der Waals surface area contributed by atoms with Gasteiger partial charge in [0.15, 0.2) is 9.84 Å². The molecule has 6 heteroatoms. The normalized spacial score (nSPS) is 17.4. The molecule has 1 aromatic carbocycles. The first-order valence-electron chi connectivity index (χ1n) is 9.13. The molecule has 5 nitrogen and oxygen atoms in total. The maximum Gasteiger partial charge on any atom is 0.180 e. The van der Waals surface area contributed by atoms with Crippen molar-refractivity contribution in [2.24, 2.45) is 0 Å². The zero-order valence-electron chi connectivity index (χ0n) is 15.8. The van der Waals surface area contributed by atoms with Crippen LogP contribution in [0.5, 0.6) is 5.75 Å². The summed E-state index contributed by atoms with van der Waals surface area (Å²) in [5.41, 5.74) is 0. The summed E-state index contributed by atoms with van der Waals surface area (Å²) in [6, 6.07) is 6.88. The number of rotatable bonds is 8. The second kappa shape index (κ2) is 9.01. The molecular formula is C19H31NO4S. The molecule has 142 valence electrons. The fraction of sp³-hybridized carbons (Fsp3) is 0.684. The lowest BCUT2D eigenvalue weighted by Gasteiger charge is -2.32. The van der Waals surface area contributed by atoms with Crippen LogP contribution in [0, 0.1) is 0 Å². The topological polar surface area (TPSA) is 55.8 Å². The van der Waals surface area contributed by atoms with Crippen molar-refractivity contribution in [2.45, 2.75) is 62.9 Å². The van der Waals surface area contributed by atoms with Crippen LogP contribution >= 0.6 is 0 Å². The summed E-state index contributed by atoms with van der Waals surface area (Å²) in [6.45, 7) is 11.2. The van der Waals surface area contributed by atoms with Crippen molar-refractivity contribution >= 4 is 9.84 Å². The Morgan fingerprint density at radius 2 is 1.84 bits per heavy atom. The molecule has 1 aliphatic heterocycles. The average molecular weight is 370 g/mol. The van der Waals surface area contributed by atoms with E-state index in [2.05, 4.69) is 4.90 Å². The van der Waals surface area contributed by atoms with Gasteiger partial charge in [-0.1, -0.05) is 6.07 Å². The molecule has 0 N–H and O–H groups in total. The van der Waals surface area contributed by atoms with Gasteiger partial charge in [-0.2, -0.15) is 0 Å². The molecule has 1 saturated heterocycles. The third-order valence-corrected chi connectivity index (χ3v) is 6.60. The number of likely N-dealkylation sites (tertiary alicyclic amines) is 1. The van der Waals surface area contributed by atoms with E-state index in [1.54, 1.807) is 32.0 Å². The molecule has 0 saturated carbocycles. The van der Waals surface area contributed by atoms with Crippen LogP contribution < -0.4 is 4.74 Å². The monoisotopic (exact) mass is 369 g/mol. The Hall–Kier alpha value is -1.11. The van der Waals surface area contributed by atoms with Gasteiger partial charge >= 0.3 is 0 Å². The van der Waals surface area contributed by atoms with Crippen LogP contribution in [0.4, 0.5) is 0 Å². The second-order valence-electron chi connectivity index (χ2n) is 7.15. The first-order valence-corrected chi connectivity index (χ1v) is 10.7. The molecular weight excluding hydrogens is 338 g/mol. The Morgan fingerprint density at radius 1 is 1.16 bits per heavy atom. The van der Waals surface area contributed by atoms with Crippen molar-refractivity contribution in [3.05, 3.63) is 24.3 Å². The Kier molecular flexibility index (Phi) is 7.28. The number of benzene rings is 1. The van der Waals surface area contributed by atoms with Crippen molar-refractivity contribution in [3.8, 4) is 5.75 Å². The Bertz CT molecular complexity index is 635. The quantitative estimate of drug-likeness (QED) is 0.705. The van der Waals surface area contributed by atoms with E-state index >= 15 is 0 Å². The summed E-state index contributed by atoms with van der Waals surface area (Å²) in [5.74, 6) is 0.642. The number of sulfone groups is 1. The number of piperidine rings is 1. The van der Waals surface area contributed by atoms with Crippen LogP contribution in [0.3, 0.4) is 0 Å². The van der Waals surface area contributed by atoms with E-state index in [1.807, 2.05) is 19.9 Å². The largest absolute Gasteiger partial charge is 0.490 e. The third-order valence-electron chi connectivity index (χ3n) is 4.45. The molecule has 0 spiro atoms. The molecule has 0 amide bonds. The van der Waals surface area contributed by atoms with Gasteiger partial charge in [-0.15, -0.1) is 0 Å². The summed E-state index contributed by atoms with van der Waals surface area (Å²) < 4.78 is 36.2. The maximum absolute atomic E-state index is 12.3.